The predicted octanol–water partition coefficient (Wildman–Crippen LogP) is 3.83. The van der Waals surface area contributed by atoms with Gasteiger partial charge in [-0.3, -0.25) is 0 Å². The molecule has 1 N–H and O–H groups in total. The van der Waals surface area contributed by atoms with Crippen molar-refractivity contribution >= 4 is 6.08 Å². The van der Waals surface area contributed by atoms with Crippen LogP contribution in [0.3, 0.4) is 0 Å². The van der Waals surface area contributed by atoms with E-state index in [0.717, 1.165) is 16.9 Å². The second kappa shape index (κ2) is 6.76. The first-order valence-electron chi connectivity index (χ1n) is 6.38. The Hall–Kier alpha value is -2.06. The Balaban J connectivity index is 1.84. The molecule has 1 atom stereocenters. The van der Waals surface area contributed by atoms with E-state index in [1.807, 2.05) is 66.7 Å². The molecular weight excluding hydrogens is 236 g/mol. The molecule has 2 rings (SSSR count). The topological polar surface area (TPSA) is 29.5 Å². The Morgan fingerprint density at radius 2 is 1.74 bits per heavy atom. The van der Waals surface area contributed by atoms with Crippen LogP contribution >= 0.6 is 0 Å². The van der Waals surface area contributed by atoms with Crippen LogP contribution in [0.25, 0.3) is 6.08 Å². The van der Waals surface area contributed by atoms with Gasteiger partial charge in [-0.15, -0.1) is 0 Å². The Morgan fingerprint density at radius 1 is 1.05 bits per heavy atom. The standard InChI is InChI=1S/C17H18O2/c1-14(18)16-9-11-17(12-10-16)19-13-5-8-15-6-3-2-4-7-15/h2-12,14,18H,13H2,1H3/b8-5+/t14-/m1/s1. The van der Waals surface area contributed by atoms with Crippen molar-refractivity contribution in [2.75, 3.05) is 6.61 Å². The summed E-state index contributed by atoms with van der Waals surface area (Å²) in [6.45, 7) is 2.28. The summed E-state index contributed by atoms with van der Waals surface area (Å²) in [5, 5.41) is 9.40. The SMILES string of the molecule is C[C@@H](O)c1ccc(OC/C=C/c2ccccc2)cc1. The van der Waals surface area contributed by atoms with Gasteiger partial charge in [0.1, 0.15) is 12.4 Å². The fourth-order valence-corrected chi connectivity index (χ4v) is 1.74. The largest absolute Gasteiger partial charge is 0.490 e. The van der Waals surface area contributed by atoms with Gasteiger partial charge in [-0.05, 0) is 36.3 Å². The molecule has 0 bridgehead atoms. The number of hydrogen-bond acceptors (Lipinski definition) is 2. The molecular formula is C17H18O2. The number of ether oxygens (including phenoxy) is 1. The minimum absolute atomic E-state index is 0.438. The summed E-state index contributed by atoms with van der Waals surface area (Å²) >= 11 is 0. The van der Waals surface area contributed by atoms with Crippen molar-refractivity contribution in [1.29, 1.82) is 0 Å². The third-order valence-electron chi connectivity index (χ3n) is 2.82. The van der Waals surface area contributed by atoms with Crippen LogP contribution in [0.2, 0.25) is 0 Å². The van der Waals surface area contributed by atoms with Gasteiger partial charge in [0.25, 0.3) is 0 Å². The molecule has 2 aromatic carbocycles. The average molecular weight is 254 g/mol. The minimum atomic E-state index is -0.438. The molecule has 0 fully saturated rings. The fourth-order valence-electron chi connectivity index (χ4n) is 1.74. The third kappa shape index (κ3) is 4.27. The van der Waals surface area contributed by atoms with Crippen LogP contribution in [0.5, 0.6) is 5.75 Å². The van der Waals surface area contributed by atoms with Crippen LogP contribution in [0, 0.1) is 0 Å². The van der Waals surface area contributed by atoms with Gasteiger partial charge in [-0.25, -0.2) is 0 Å². The number of aliphatic hydroxyl groups excluding tert-OH is 1. The summed E-state index contributed by atoms with van der Waals surface area (Å²) in [7, 11) is 0. The lowest BCUT2D eigenvalue weighted by atomic mass is 10.1. The summed E-state index contributed by atoms with van der Waals surface area (Å²) < 4.78 is 5.59. The third-order valence-corrected chi connectivity index (χ3v) is 2.82. The van der Waals surface area contributed by atoms with Gasteiger partial charge in [0.05, 0.1) is 6.10 Å². The highest BCUT2D eigenvalue weighted by Gasteiger charge is 1.99. The number of benzene rings is 2. The number of hydrogen-bond donors (Lipinski definition) is 1. The monoisotopic (exact) mass is 254 g/mol. The Labute approximate surface area is 114 Å². The van der Waals surface area contributed by atoms with E-state index in [1.165, 1.54) is 0 Å². The molecule has 2 aromatic rings. The van der Waals surface area contributed by atoms with Crippen molar-refractivity contribution in [3.8, 4) is 5.75 Å². The smallest absolute Gasteiger partial charge is 0.119 e. The molecule has 0 radical (unpaired) electrons. The lowest BCUT2D eigenvalue weighted by Crippen LogP contribution is -1.95. The maximum absolute atomic E-state index is 9.40. The highest BCUT2D eigenvalue weighted by Crippen LogP contribution is 2.17. The first-order valence-corrected chi connectivity index (χ1v) is 6.38. The van der Waals surface area contributed by atoms with Crippen LogP contribution in [0.4, 0.5) is 0 Å². The second-order valence-electron chi connectivity index (χ2n) is 4.37. The summed E-state index contributed by atoms with van der Waals surface area (Å²) in [6, 6.07) is 17.6. The highest BCUT2D eigenvalue weighted by molar-refractivity contribution is 5.48. The van der Waals surface area contributed by atoms with E-state index in [2.05, 4.69) is 0 Å². The molecule has 0 aliphatic carbocycles. The van der Waals surface area contributed by atoms with E-state index in [-0.39, 0.29) is 0 Å². The van der Waals surface area contributed by atoms with Crippen molar-refractivity contribution in [3.63, 3.8) is 0 Å². The number of rotatable bonds is 5. The molecule has 19 heavy (non-hydrogen) atoms. The van der Waals surface area contributed by atoms with Crippen molar-refractivity contribution in [2.24, 2.45) is 0 Å². The van der Waals surface area contributed by atoms with Crippen LogP contribution < -0.4 is 4.74 Å². The quantitative estimate of drug-likeness (QED) is 0.878. The molecule has 0 aliphatic heterocycles. The first kappa shape index (κ1) is 13.4. The van der Waals surface area contributed by atoms with E-state index in [0.29, 0.717) is 6.61 Å². The second-order valence-corrected chi connectivity index (χ2v) is 4.37. The normalized spacial score (nSPS) is 12.5. The van der Waals surface area contributed by atoms with Crippen molar-refractivity contribution in [1.82, 2.24) is 0 Å². The highest BCUT2D eigenvalue weighted by atomic mass is 16.5. The zero-order chi connectivity index (χ0) is 13.5. The number of aliphatic hydroxyl groups is 1. The van der Waals surface area contributed by atoms with Gasteiger partial charge in [-0.2, -0.15) is 0 Å². The van der Waals surface area contributed by atoms with Gasteiger partial charge in [0.2, 0.25) is 0 Å². The molecule has 0 aliphatic rings. The Morgan fingerprint density at radius 3 is 2.37 bits per heavy atom. The van der Waals surface area contributed by atoms with Crippen LogP contribution in [0.1, 0.15) is 24.2 Å². The van der Waals surface area contributed by atoms with E-state index in [4.69, 9.17) is 4.74 Å². The fraction of sp³-hybridized carbons (Fsp3) is 0.176. The summed E-state index contributed by atoms with van der Waals surface area (Å²) in [5.41, 5.74) is 2.06. The van der Waals surface area contributed by atoms with Crippen molar-refractivity contribution in [3.05, 3.63) is 71.8 Å². The van der Waals surface area contributed by atoms with Gasteiger partial charge in [-0.1, -0.05) is 48.5 Å². The van der Waals surface area contributed by atoms with Gasteiger partial charge in [0.15, 0.2) is 0 Å². The molecule has 0 saturated carbocycles. The zero-order valence-corrected chi connectivity index (χ0v) is 11.0. The molecule has 2 nitrogen and oxygen atoms in total. The average Bonchev–Trinajstić information content (AvgIpc) is 2.45. The lowest BCUT2D eigenvalue weighted by Gasteiger charge is -2.06. The van der Waals surface area contributed by atoms with Gasteiger partial charge >= 0.3 is 0 Å². The molecule has 0 aromatic heterocycles. The summed E-state index contributed by atoms with van der Waals surface area (Å²) in [4.78, 5) is 0. The van der Waals surface area contributed by atoms with E-state index < -0.39 is 6.10 Å². The molecule has 0 heterocycles. The Bertz CT molecular complexity index is 513. The summed E-state index contributed by atoms with van der Waals surface area (Å²) in [5.74, 6) is 0.808. The van der Waals surface area contributed by atoms with E-state index in [9.17, 15) is 5.11 Å². The molecule has 0 unspecified atom stereocenters. The minimum Gasteiger partial charge on any atom is -0.490 e. The first-order chi connectivity index (χ1) is 9.25. The molecule has 98 valence electrons. The van der Waals surface area contributed by atoms with Gasteiger partial charge in [0, 0.05) is 0 Å². The van der Waals surface area contributed by atoms with E-state index >= 15 is 0 Å². The molecule has 0 saturated heterocycles. The van der Waals surface area contributed by atoms with Crippen LogP contribution in [-0.2, 0) is 0 Å². The van der Waals surface area contributed by atoms with Crippen molar-refractivity contribution < 1.29 is 9.84 Å². The van der Waals surface area contributed by atoms with E-state index in [1.54, 1.807) is 6.92 Å². The summed E-state index contributed by atoms with van der Waals surface area (Å²) in [6.07, 6.45) is 3.58. The van der Waals surface area contributed by atoms with Gasteiger partial charge < -0.3 is 9.84 Å². The molecule has 0 spiro atoms. The predicted molar refractivity (Wildman–Crippen MR) is 78.0 cm³/mol. The maximum atomic E-state index is 9.40. The lowest BCUT2D eigenvalue weighted by molar-refractivity contribution is 0.199. The zero-order valence-electron chi connectivity index (χ0n) is 11.0. The van der Waals surface area contributed by atoms with Crippen LogP contribution in [-0.4, -0.2) is 11.7 Å². The molecule has 0 amide bonds. The Kier molecular flexibility index (Phi) is 4.76. The molecule has 2 heteroatoms. The van der Waals surface area contributed by atoms with Crippen molar-refractivity contribution in [2.45, 2.75) is 13.0 Å². The van der Waals surface area contributed by atoms with Crippen LogP contribution in [0.15, 0.2) is 60.7 Å². The maximum Gasteiger partial charge on any atom is 0.119 e.